The van der Waals surface area contributed by atoms with Crippen LogP contribution in [0.25, 0.3) is 10.9 Å². The predicted molar refractivity (Wildman–Crippen MR) is 70.0 cm³/mol. The highest BCUT2D eigenvalue weighted by atomic mass is 16.1. The van der Waals surface area contributed by atoms with E-state index in [2.05, 4.69) is 15.5 Å². The van der Waals surface area contributed by atoms with Crippen LogP contribution in [0.5, 0.6) is 0 Å². The van der Waals surface area contributed by atoms with Crippen molar-refractivity contribution in [1.82, 2.24) is 10.2 Å². The van der Waals surface area contributed by atoms with E-state index in [4.69, 9.17) is 5.73 Å². The second kappa shape index (κ2) is 4.42. The molecule has 1 aliphatic carbocycles. The van der Waals surface area contributed by atoms with Crippen molar-refractivity contribution < 1.29 is 4.79 Å². The van der Waals surface area contributed by atoms with Gasteiger partial charge >= 0.3 is 0 Å². The van der Waals surface area contributed by atoms with E-state index < -0.39 is 0 Å². The van der Waals surface area contributed by atoms with Crippen molar-refractivity contribution in [3.8, 4) is 0 Å². The maximum atomic E-state index is 11.8. The molecule has 1 aliphatic rings. The first-order chi connectivity index (χ1) is 8.72. The number of carbonyl (C=O) groups is 1. The van der Waals surface area contributed by atoms with Gasteiger partial charge in [0.2, 0.25) is 5.91 Å². The summed E-state index contributed by atoms with van der Waals surface area (Å²) >= 11 is 0. The third kappa shape index (κ3) is 2.36. The minimum absolute atomic E-state index is 0.00246. The van der Waals surface area contributed by atoms with Gasteiger partial charge in [0.05, 0.1) is 11.7 Å². The van der Waals surface area contributed by atoms with E-state index in [1.807, 2.05) is 18.2 Å². The second-order valence-electron chi connectivity index (χ2n) is 4.93. The zero-order valence-corrected chi connectivity index (χ0v) is 10.0. The molecule has 94 valence electrons. The fraction of sp³-hybridized carbons (Fsp3) is 0.385. The standard InChI is InChI=1S/C13H16N4O/c14-11(8-1-2-8)6-13(18)16-10-3-4-12-9(5-10)7-15-17-12/h3-5,7-8,11H,1-2,6,14H2,(H,15,17)(H,16,18). The number of rotatable bonds is 4. The molecular weight excluding hydrogens is 228 g/mol. The number of hydrogen-bond acceptors (Lipinski definition) is 3. The SMILES string of the molecule is NC(CC(=O)Nc1ccc2[nH]ncc2c1)C1CC1. The molecule has 5 heteroatoms. The lowest BCUT2D eigenvalue weighted by Crippen LogP contribution is -2.28. The Balaban J connectivity index is 1.65. The van der Waals surface area contributed by atoms with Gasteiger partial charge in [-0.25, -0.2) is 0 Å². The van der Waals surface area contributed by atoms with Gasteiger partial charge in [-0.1, -0.05) is 0 Å². The normalized spacial score (nSPS) is 16.7. The zero-order chi connectivity index (χ0) is 12.5. The first-order valence-corrected chi connectivity index (χ1v) is 6.21. The Morgan fingerprint density at radius 3 is 3.17 bits per heavy atom. The molecule has 1 saturated carbocycles. The Morgan fingerprint density at radius 1 is 1.56 bits per heavy atom. The lowest BCUT2D eigenvalue weighted by atomic mass is 10.1. The highest BCUT2D eigenvalue weighted by molar-refractivity contribution is 5.93. The van der Waals surface area contributed by atoms with Crippen LogP contribution in [0, 0.1) is 5.92 Å². The van der Waals surface area contributed by atoms with Crippen LogP contribution in [-0.2, 0) is 4.79 Å². The van der Waals surface area contributed by atoms with Gasteiger partial charge in [-0.15, -0.1) is 0 Å². The van der Waals surface area contributed by atoms with E-state index in [1.165, 1.54) is 0 Å². The predicted octanol–water partition coefficient (Wildman–Crippen LogP) is 1.63. The Kier molecular flexibility index (Phi) is 2.76. The third-order valence-electron chi connectivity index (χ3n) is 3.37. The summed E-state index contributed by atoms with van der Waals surface area (Å²) in [4.78, 5) is 11.8. The maximum Gasteiger partial charge on any atom is 0.225 e. The van der Waals surface area contributed by atoms with Crippen LogP contribution in [0.2, 0.25) is 0 Å². The summed E-state index contributed by atoms with van der Waals surface area (Å²) in [7, 11) is 0. The van der Waals surface area contributed by atoms with Gasteiger partial charge in [-0.05, 0) is 37.0 Å². The first-order valence-electron chi connectivity index (χ1n) is 6.21. The monoisotopic (exact) mass is 244 g/mol. The second-order valence-corrected chi connectivity index (χ2v) is 4.93. The number of anilines is 1. The Bertz CT molecular complexity index is 573. The van der Waals surface area contributed by atoms with Crippen LogP contribution in [0.15, 0.2) is 24.4 Å². The van der Waals surface area contributed by atoms with Crippen molar-refractivity contribution in [2.24, 2.45) is 11.7 Å². The molecule has 1 amide bonds. The van der Waals surface area contributed by atoms with Crippen molar-refractivity contribution in [3.63, 3.8) is 0 Å². The van der Waals surface area contributed by atoms with Gasteiger partial charge in [-0.2, -0.15) is 5.10 Å². The molecule has 1 aromatic heterocycles. The number of carbonyl (C=O) groups excluding carboxylic acids is 1. The first kappa shape index (κ1) is 11.2. The average Bonchev–Trinajstić information content (AvgIpc) is 3.08. The Hall–Kier alpha value is -1.88. The fourth-order valence-electron chi connectivity index (χ4n) is 2.14. The van der Waals surface area contributed by atoms with Crippen LogP contribution in [0.1, 0.15) is 19.3 Å². The van der Waals surface area contributed by atoms with Gasteiger partial charge in [0.25, 0.3) is 0 Å². The smallest absolute Gasteiger partial charge is 0.225 e. The molecule has 1 fully saturated rings. The Labute approximate surface area is 105 Å². The van der Waals surface area contributed by atoms with E-state index in [0.29, 0.717) is 12.3 Å². The van der Waals surface area contributed by atoms with Crippen molar-refractivity contribution in [3.05, 3.63) is 24.4 Å². The topological polar surface area (TPSA) is 83.8 Å². The van der Waals surface area contributed by atoms with Gasteiger partial charge in [0.1, 0.15) is 0 Å². The number of nitrogens with one attached hydrogen (secondary N) is 2. The summed E-state index contributed by atoms with van der Waals surface area (Å²) < 4.78 is 0. The lowest BCUT2D eigenvalue weighted by Gasteiger charge is -2.10. The summed E-state index contributed by atoms with van der Waals surface area (Å²) in [6, 6.07) is 5.67. The van der Waals surface area contributed by atoms with Gasteiger partial charge in [0, 0.05) is 23.5 Å². The van der Waals surface area contributed by atoms with Gasteiger partial charge in [0.15, 0.2) is 0 Å². The van der Waals surface area contributed by atoms with Crippen molar-refractivity contribution in [2.45, 2.75) is 25.3 Å². The van der Waals surface area contributed by atoms with Gasteiger partial charge in [-0.3, -0.25) is 9.89 Å². The van der Waals surface area contributed by atoms with Crippen LogP contribution in [0.4, 0.5) is 5.69 Å². The number of aromatic amines is 1. The number of hydrogen-bond donors (Lipinski definition) is 3. The Morgan fingerprint density at radius 2 is 2.39 bits per heavy atom. The molecule has 0 bridgehead atoms. The van der Waals surface area contributed by atoms with Crippen LogP contribution in [0.3, 0.4) is 0 Å². The highest BCUT2D eigenvalue weighted by Crippen LogP contribution is 2.32. The molecule has 18 heavy (non-hydrogen) atoms. The molecule has 1 atom stereocenters. The maximum absolute atomic E-state index is 11.8. The summed E-state index contributed by atoms with van der Waals surface area (Å²) in [5.74, 6) is 0.532. The molecule has 5 nitrogen and oxygen atoms in total. The molecule has 1 unspecified atom stereocenters. The van der Waals surface area contributed by atoms with E-state index in [9.17, 15) is 4.79 Å². The van der Waals surface area contributed by atoms with Crippen molar-refractivity contribution in [2.75, 3.05) is 5.32 Å². The van der Waals surface area contributed by atoms with E-state index in [1.54, 1.807) is 6.20 Å². The molecule has 1 aromatic carbocycles. The number of fused-ring (bicyclic) bond motifs is 1. The number of benzene rings is 1. The number of H-pyrrole nitrogens is 1. The quantitative estimate of drug-likeness (QED) is 0.764. The molecule has 3 rings (SSSR count). The lowest BCUT2D eigenvalue weighted by molar-refractivity contribution is -0.116. The van der Waals surface area contributed by atoms with Crippen molar-refractivity contribution >= 4 is 22.5 Å². The molecule has 4 N–H and O–H groups in total. The number of aromatic nitrogens is 2. The molecule has 0 radical (unpaired) electrons. The minimum Gasteiger partial charge on any atom is -0.327 e. The molecule has 1 heterocycles. The van der Waals surface area contributed by atoms with Gasteiger partial charge < -0.3 is 11.1 Å². The van der Waals surface area contributed by atoms with E-state index in [0.717, 1.165) is 29.4 Å². The highest BCUT2D eigenvalue weighted by Gasteiger charge is 2.29. The molecule has 0 saturated heterocycles. The number of nitrogens with zero attached hydrogens (tertiary/aromatic N) is 1. The van der Waals surface area contributed by atoms with Crippen LogP contribution < -0.4 is 11.1 Å². The summed E-state index contributed by atoms with van der Waals surface area (Å²) in [6.45, 7) is 0. The largest absolute Gasteiger partial charge is 0.327 e. The zero-order valence-electron chi connectivity index (χ0n) is 10.0. The summed E-state index contributed by atoms with van der Waals surface area (Å²) in [5, 5.41) is 10.7. The van der Waals surface area contributed by atoms with Crippen molar-refractivity contribution in [1.29, 1.82) is 0 Å². The van der Waals surface area contributed by atoms with Crippen LogP contribution >= 0.6 is 0 Å². The molecule has 0 aliphatic heterocycles. The van der Waals surface area contributed by atoms with E-state index in [-0.39, 0.29) is 11.9 Å². The number of amides is 1. The minimum atomic E-state index is -0.0164. The molecular formula is C13H16N4O. The summed E-state index contributed by atoms with van der Waals surface area (Å²) in [5.41, 5.74) is 7.68. The molecule has 2 aromatic rings. The van der Waals surface area contributed by atoms with Crippen LogP contribution in [-0.4, -0.2) is 22.1 Å². The fourth-order valence-corrected chi connectivity index (χ4v) is 2.14. The third-order valence-corrected chi connectivity index (χ3v) is 3.37. The average molecular weight is 244 g/mol. The van der Waals surface area contributed by atoms with E-state index >= 15 is 0 Å². The summed E-state index contributed by atoms with van der Waals surface area (Å²) in [6.07, 6.45) is 4.46. The number of nitrogens with two attached hydrogens (primary N) is 1. The molecule has 0 spiro atoms.